The molecule has 0 radical (unpaired) electrons. The van der Waals surface area contributed by atoms with Gasteiger partial charge in [0.15, 0.2) is 0 Å². The lowest BCUT2D eigenvalue weighted by atomic mass is 9.85. The molecule has 0 spiro atoms. The van der Waals surface area contributed by atoms with Crippen LogP contribution in [-0.4, -0.2) is 34.2 Å². The van der Waals surface area contributed by atoms with Crippen LogP contribution in [0.4, 0.5) is 0 Å². The Morgan fingerprint density at radius 2 is 2.00 bits per heavy atom. The van der Waals surface area contributed by atoms with Gasteiger partial charge in [-0.3, -0.25) is 14.3 Å². The zero-order valence-electron chi connectivity index (χ0n) is 18.2. The Balaban J connectivity index is 1.26. The summed E-state index contributed by atoms with van der Waals surface area (Å²) < 4.78 is 2.00. The molecule has 2 aromatic rings. The average Bonchev–Trinajstić information content (AvgIpc) is 3.35. The van der Waals surface area contributed by atoms with Crippen molar-refractivity contribution in [3.8, 4) is 0 Å². The highest BCUT2D eigenvalue weighted by Crippen LogP contribution is 2.24. The largest absolute Gasteiger partial charge is 0.356 e. The van der Waals surface area contributed by atoms with Crippen LogP contribution in [0.3, 0.4) is 0 Å². The fourth-order valence-electron chi connectivity index (χ4n) is 4.16. The summed E-state index contributed by atoms with van der Waals surface area (Å²) in [6.45, 7) is 5.55. The maximum absolute atomic E-state index is 12.4. The van der Waals surface area contributed by atoms with Gasteiger partial charge in [0.25, 0.3) is 0 Å². The van der Waals surface area contributed by atoms with Crippen LogP contribution >= 0.6 is 11.3 Å². The number of nitrogens with one attached hydrogen (secondary N) is 2. The molecule has 30 heavy (non-hydrogen) atoms. The van der Waals surface area contributed by atoms with Gasteiger partial charge in [0.1, 0.15) is 0 Å². The van der Waals surface area contributed by atoms with Crippen LogP contribution in [0.15, 0.2) is 23.6 Å². The van der Waals surface area contributed by atoms with E-state index in [1.165, 1.54) is 4.88 Å². The van der Waals surface area contributed by atoms with E-state index >= 15 is 0 Å². The quantitative estimate of drug-likeness (QED) is 0.564. The highest BCUT2D eigenvalue weighted by Gasteiger charge is 2.26. The lowest BCUT2D eigenvalue weighted by molar-refractivity contribution is -0.126. The molecule has 6 nitrogen and oxygen atoms in total. The standard InChI is InChI=1S/C23H34N4O2S/c1-17-16-18(2)27(26-17)14-5-13-24-23(29)19-9-11-20(12-10-19)25-22(28)8-3-6-21-7-4-15-30-21/h4,7,15-16,19-20H,3,5-6,8-14H2,1-2H3,(H,24,29)(H,25,28). The number of hydrogen-bond donors (Lipinski definition) is 2. The topological polar surface area (TPSA) is 76.0 Å². The molecular formula is C23H34N4O2S. The summed E-state index contributed by atoms with van der Waals surface area (Å²) in [5, 5.41) is 12.8. The van der Waals surface area contributed by atoms with Crippen LogP contribution in [0.1, 0.15) is 61.2 Å². The third kappa shape index (κ3) is 6.97. The van der Waals surface area contributed by atoms with Crippen LogP contribution in [0.5, 0.6) is 0 Å². The number of nitrogens with zero attached hydrogens (tertiary/aromatic N) is 2. The SMILES string of the molecule is Cc1cc(C)n(CCCNC(=O)C2CCC(NC(=O)CCCc3cccs3)CC2)n1. The fourth-order valence-corrected chi connectivity index (χ4v) is 4.92. The predicted molar refractivity (Wildman–Crippen MR) is 120 cm³/mol. The smallest absolute Gasteiger partial charge is 0.223 e. The Hall–Kier alpha value is -2.15. The monoisotopic (exact) mass is 430 g/mol. The molecular weight excluding hydrogens is 396 g/mol. The second kappa shape index (κ2) is 11.3. The van der Waals surface area contributed by atoms with E-state index in [0.29, 0.717) is 13.0 Å². The highest BCUT2D eigenvalue weighted by atomic mass is 32.1. The van der Waals surface area contributed by atoms with Crippen LogP contribution in [0, 0.1) is 19.8 Å². The van der Waals surface area contributed by atoms with Gasteiger partial charge in [0.05, 0.1) is 5.69 Å². The number of hydrogen-bond acceptors (Lipinski definition) is 4. The Kier molecular flexibility index (Phi) is 8.49. The van der Waals surface area contributed by atoms with Crippen molar-refractivity contribution in [3.63, 3.8) is 0 Å². The zero-order chi connectivity index (χ0) is 21.3. The summed E-state index contributed by atoms with van der Waals surface area (Å²) >= 11 is 1.75. The number of rotatable bonds is 10. The Bertz CT molecular complexity index is 807. The molecule has 0 saturated heterocycles. The molecule has 0 unspecified atom stereocenters. The highest BCUT2D eigenvalue weighted by molar-refractivity contribution is 7.09. The van der Waals surface area contributed by atoms with Crippen molar-refractivity contribution in [3.05, 3.63) is 39.8 Å². The van der Waals surface area contributed by atoms with E-state index in [1.54, 1.807) is 11.3 Å². The van der Waals surface area contributed by atoms with Gasteiger partial charge in [-0.15, -0.1) is 11.3 Å². The van der Waals surface area contributed by atoms with Crippen molar-refractivity contribution in [2.24, 2.45) is 5.92 Å². The van der Waals surface area contributed by atoms with E-state index in [9.17, 15) is 9.59 Å². The lowest BCUT2D eigenvalue weighted by Gasteiger charge is -2.28. The van der Waals surface area contributed by atoms with Crippen molar-refractivity contribution < 1.29 is 9.59 Å². The van der Waals surface area contributed by atoms with Gasteiger partial charge in [-0.1, -0.05) is 6.07 Å². The second-order valence-electron chi connectivity index (χ2n) is 8.34. The van der Waals surface area contributed by atoms with Gasteiger partial charge in [-0.05, 0) is 76.3 Å². The number of aromatic nitrogens is 2. The predicted octanol–water partition coefficient (Wildman–Crippen LogP) is 3.77. The van der Waals surface area contributed by atoms with Crippen molar-refractivity contribution in [1.29, 1.82) is 0 Å². The molecule has 1 aliphatic rings. The molecule has 2 heterocycles. The van der Waals surface area contributed by atoms with Gasteiger partial charge in [0.2, 0.25) is 11.8 Å². The van der Waals surface area contributed by atoms with Crippen LogP contribution < -0.4 is 10.6 Å². The van der Waals surface area contributed by atoms with Crippen LogP contribution in [-0.2, 0) is 22.6 Å². The molecule has 2 aromatic heterocycles. The van der Waals surface area contributed by atoms with Gasteiger partial charge < -0.3 is 10.6 Å². The second-order valence-corrected chi connectivity index (χ2v) is 9.38. The number of amides is 2. The first kappa shape index (κ1) is 22.5. The van der Waals surface area contributed by atoms with Gasteiger partial charge in [-0.2, -0.15) is 5.10 Å². The molecule has 164 valence electrons. The number of thiophene rings is 1. The molecule has 0 aromatic carbocycles. The molecule has 2 N–H and O–H groups in total. The van der Waals surface area contributed by atoms with E-state index in [0.717, 1.165) is 62.9 Å². The third-order valence-electron chi connectivity index (χ3n) is 5.82. The Morgan fingerprint density at radius 3 is 2.67 bits per heavy atom. The summed E-state index contributed by atoms with van der Waals surface area (Å²) in [5.41, 5.74) is 2.19. The first-order chi connectivity index (χ1) is 14.5. The minimum absolute atomic E-state index is 0.0747. The van der Waals surface area contributed by atoms with Gasteiger partial charge in [-0.25, -0.2) is 0 Å². The van der Waals surface area contributed by atoms with E-state index in [1.807, 2.05) is 11.6 Å². The zero-order valence-corrected chi connectivity index (χ0v) is 19.0. The molecule has 2 amide bonds. The summed E-state index contributed by atoms with van der Waals surface area (Å²) in [6, 6.07) is 6.46. The van der Waals surface area contributed by atoms with Crippen molar-refractivity contribution in [2.45, 2.75) is 77.8 Å². The minimum atomic E-state index is 0.0747. The van der Waals surface area contributed by atoms with Crippen molar-refractivity contribution in [1.82, 2.24) is 20.4 Å². The molecule has 0 atom stereocenters. The van der Waals surface area contributed by atoms with E-state index in [4.69, 9.17) is 0 Å². The van der Waals surface area contributed by atoms with Gasteiger partial charge in [0, 0.05) is 42.0 Å². The summed E-state index contributed by atoms with van der Waals surface area (Å²) in [4.78, 5) is 26.0. The maximum Gasteiger partial charge on any atom is 0.223 e. The first-order valence-electron chi connectivity index (χ1n) is 11.1. The third-order valence-corrected chi connectivity index (χ3v) is 6.76. The molecule has 1 aliphatic carbocycles. The van der Waals surface area contributed by atoms with Crippen molar-refractivity contribution >= 4 is 23.2 Å². The lowest BCUT2D eigenvalue weighted by Crippen LogP contribution is -2.41. The van der Waals surface area contributed by atoms with E-state index in [-0.39, 0.29) is 23.8 Å². The maximum atomic E-state index is 12.4. The number of aryl methyl sites for hydroxylation is 4. The fraction of sp³-hybridized carbons (Fsp3) is 0.609. The molecule has 3 rings (SSSR count). The average molecular weight is 431 g/mol. The van der Waals surface area contributed by atoms with Crippen molar-refractivity contribution in [2.75, 3.05) is 6.54 Å². The molecule has 7 heteroatoms. The number of carbonyl (C=O) groups is 2. The van der Waals surface area contributed by atoms with Gasteiger partial charge >= 0.3 is 0 Å². The Morgan fingerprint density at radius 1 is 1.20 bits per heavy atom. The number of carbonyl (C=O) groups excluding carboxylic acids is 2. The first-order valence-corrected chi connectivity index (χ1v) is 12.0. The summed E-state index contributed by atoms with van der Waals surface area (Å²) in [5.74, 6) is 0.373. The van der Waals surface area contributed by atoms with E-state index in [2.05, 4.69) is 46.2 Å². The molecule has 0 aliphatic heterocycles. The molecule has 1 saturated carbocycles. The van der Waals surface area contributed by atoms with Crippen LogP contribution in [0.2, 0.25) is 0 Å². The van der Waals surface area contributed by atoms with Crippen LogP contribution in [0.25, 0.3) is 0 Å². The van der Waals surface area contributed by atoms with E-state index < -0.39 is 0 Å². The summed E-state index contributed by atoms with van der Waals surface area (Å²) in [7, 11) is 0. The molecule has 1 fully saturated rings. The minimum Gasteiger partial charge on any atom is -0.356 e. The summed E-state index contributed by atoms with van der Waals surface area (Å²) in [6.07, 6.45) is 6.80. The Labute approximate surface area is 183 Å². The molecule has 0 bridgehead atoms. The normalized spacial score (nSPS) is 18.9.